The Morgan fingerprint density at radius 2 is 2.21 bits per heavy atom. The molecule has 24 heavy (non-hydrogen) atoms. The number of nitrogens with one attached hydrogen (secondary N) is 1. The van der Waals surface area contributed by atoms with Crippen LogP contribution < -0.4 is 5.32 Å². The lowest BCUT2D eigenvalue weighted by molar-refractivity contribution is -0.139. The summed E-state index contributed by atoms with van der Waals surface area (Å²) in [7, 11) is 0. The maximum absolute atomic E-state index is 12.4. The monoisotopic (exact) mass is 330 g/mol. The van der Waals surface area contributed by atoms with Crippen molar-refractivity contribution in [1.29, 1.82) is 0 Å². The summed E-state index contributed by atoms with van der Waals surface area (Å²) in [5.74, 6) is 0.794. The number of amides is 1. The number of hydrogen-bond donors (Lipinski definition) is 1. The van der Waals surface area contributed by atoms with Gasteiger partial charge in [0.1, 0.15) is 12.1 Å². The first-order valence-electron chi connectivity index (χ1n) is 8.10. The fraction of sp³-hybridized carbons (Fsp3) is 0.471. The van der Waals surface area contributed by atoms with E-state index in [1.165, 1.54) is 5.56 Å². The van der Waals surface area contributed by atoms with Crippen molar-refractivity contribution in [2.45, 2.75) is 32.5 Å². The van der Waals surface area contributed by atoms with Crippen molar-refractivity contribution in [3.8, 4) is 0 Å². The van der Waals surface area contributed by atoms with Crippen LogP contribution in [0.25, 0.3) is 0 Å². The van der Waals surface area contributed by atoms with E-state index in [1.807, 2.05) is 25.1 Å². The molecular weight excluding hydrogens is 308 g/mol. The zero-order valence-electron chi connectivity index (χ0n) is 13.9. The molecule has 1 saturated heterocycles. The maximum atomic E-state index is 12.4. The Bertz CT molecular complexity index is 673. The van der Waals surface area contributed by atoms with Crippen LogP contribution >= 0.6 is 0 Å². The largest absolute Gasteiger partial charge is 0.366 e. The second-order valence-electron chi connectivity index (χ2n) is 5.99. The topological polar surface area (TPSA) is 80.5 Å². The highest BCUT2D eigenvalue weighted by Gasteiger charge is 2.28. The first-order chi connectivity index (χ1) is 11.6. The second kappa shape index (κ2) is 7.55. The minimum Gasteiger partial charge on any atom is -0.366 e. The highest BCUT2D eigenvalue weighted by Crippen LogP contribution is 2.13. The summed E-state index contributed by atoms with van der Waals surface area (Å²) in [5, 5.41) is 6.62. The van der Waals surface area contributed by atoms with E-state index in [0.717, 1.165) is 13.1 Å². The Morgan fingerprint density at radius 3 is 2.92 bits per heavy atom. The number of aromatic nitrogens is 2. The van der Waals surface area contributed by atoms with Crippen LogP contribution in [0.5, 0.6) is 0 Å². The van der Waals surface area contributed by atoms with E-state index in [9.17, 15) is 4.79 Å². The molecule has 128 valence electrons. The molecule has 2 aromatic rings. The molecule has 1 aliphatic rings. The number of benzene rings is 1. The van der Waals surface area contributed by atoms with Crippen LogP contribution in [0, 0.1) is 6.92 Å². The van der Waals surface area contributed by atoms with E-state index < -0.39 is 6.10 Å². The second-order valence-corrected chi connectivity index (χ2v) is 5.99. The fourth-order valence-corrected chi connectivity index (χ4v) is 2.70. The van der Waals surface area contributed by atoms with Gasteiger partial charge in [0.05, 0.1) is 6.61 Å². The Kier molecular flexibility index (Phi) is 5.22. The molecule has 2 heterocycles. The minimum absolute atomic E-state index is 0.156. The van der Waals surface area contributed by atoms with Crippen LogP contribution in [0.2, 0.25) is 0 Å². The molecule has 0 saturated carbocycles. The van der Waals surface area contributed by atoms with E-state index in [-0.39, 0.29) is 11.9 Å². The quantitative estimate of drug-likeness (QED) is 0.894. The molecule has 0 unspecified atom stereocenters. The van der Waals surface area contributed by atoms with Gasteiger partial charge < -0.3 is 14.6 Å². The molecule has 0 aliphatic carbocycles. The molecule has 0 spiro atoms. The van der Waals surface area contributed by atoms with Crippen LogP contribution in [0.4, 0.5) is 0 Å². The van der Waals surface area contributed by atoms with Crippen molar-refractivity contribution in [2.24, 2.45) is 0 Å². The van der Waals surface area contributed by atoms with Crippen LogP contribution in [0.3, 0.4) is 0 Å². The van der Waals surface area contributed by atoms with Crippen LogP contribution in [0.15, 0.2) is 34.9 Å². The van der Waals surface area contributed by atoms with E-state index in [1.54, 1.807) is 6.92 Å². The molecule has 1 aromatic carbocycles. The van der Waals surface area contributed by atoms with E-state index in [2.05, 4.69) is 32.5 Å². The first-order valence-corrected chi connectivity index (χ1v) is 8.10. The molecule has 1 N–H and O–H groups in total. The average Bonchev–Trinajstić information content (AvgIpc) is 3.03. The molecular formula is C17H22N4O3. The van der Waals surface area contributed by atoms with E-state index >= 15 is 0 Å². The maximum Gasteiger partial charge on any atom is 0.251 e. The normalized spacial score (nSPS) is 19.8. The first kappa shape index (κ1) is 16.6. The summed E-state index contributed by atoms with van der Waals surface area (Å²) < 4.78 is 10.7. The molecule has 0 bridgehead atoms. The van der Waals surface area contributed by atoms with Gasteiger partial charge in [-0.1, -0.05) is 35.5 Å². The zero-order valence-corrected chi connectivity index (χ0v) is 13.9. The Hall–Kier alpha value is -2.25. The van der Waals surface area contributed by atoms with Crippen LogP contribution in [0.1, 0.15) is 30.2 Å². The summed E-state index contributed by atoms with van der Waals surface area (Å²) in [4.78, 5) is 18.8. The fourth-order valence-electron chi connectivity index (χ4n) is 2.70. The number of morpholine rings is 1. The molecule has 1 fully saturated rings. The molecule has 7 nitrogen and oxygen atoms in total. The Labute approximate surface area is 141 Å². The van der Waals surface area contributed by atoms with Crippen molar-refractivity contribution in [3.63, 3.8) is 0 Å². The summed E-state index contributed by atoms with van der Waals surface area (Å²) in [5.41, 5.74) is 1.23. The van der Waals surface area contributed by atoms with Gasteiger partial charge in [-0.05, 0) is 19.4 Å². The van der Waals surface area contributed by atoms with Crippen LogP contribution in [-0.2, 0) is 16.1 Å². The number of rotatable bonds is 5. The number of hydrogen-bond acceptors (Lipinski definition) is 6. The SMILES string of the molecule is Cc1noc([C@H](C)NC(=O)[C@H]2CN(Cc3ccccc3)CCO2)n1. The third kappa shape index (κ3) is 4.18. The number of carbonyl (C=O) groups is 1. The molecule has 1 amide bonds. The third-order valence-corrected chi connectivity index (χ3v) is 3.96. The van der Waals surface area contributed by atoms with Gasteiger partial charge in [0.15, 0.2) is 5.82 Å². The van der Waals surface area contributed by atoms with E-state index in [4.69, 9.17) is 9.26 Å². The Balaban J connectivity index is 1.55. The number of carbonyl (C=O) groups excluding carboxylic acids is 1. The summed E-state index contributed by atoms with van der Waals surface area (Å²) in [6, 6.07) is 9.88. The van der Waals surface area contributed by atoms with Gasteiger partial charge >= 0.3 is 0 Å². The van der Waals surface area contributed by atoms with Crippen molar-refractivity contribution in [2.75, 3.05) is 19.7 Å². The molecule has 2 atom stereocenters. The summed E-state index contributed by atoms with van der Waals surface area (Å²) in [6.45, 7) is 6.29. The van der Waals surface area contributed by atoms with Gasteiger partial charge in [-0.2, -0.15) is 4.98 Å². The van der Waals surface area contributed by atoms with Crippen molar-refractivity contribution < 1.29 is 14.1 Å². The van der Waals surface area contributed by atoms with Gasteiger partial charge in [-0.15, -0.1) is 0 Å². The van der Waals surface area contributed by atoms with Gasteiger partial charge in [0.2, 0.25) is 5.89 Å². The highest BCUT2D eigenvalue weighted by molar-refractivity contribution is 5.81. The highest BCUT2D eigenvalue weighted by atomic mass is 16.5. The number of nitrogens with zero attached hydrogens (tertiary/aromatic N) is 3. The standard InChI is InChI=1S/C17H22N4O3/c1-12(17-19-13(2)20-24-17)18-16(22)15-11-21(8-9-23-15)10-14-6-4-3-5-7-14/h3-7,12,15H,8-11H2,1-2H3,(H,18,22)/t12-,15+/m0/s1. The molecule has 3 rings (SSSR count). The number of aryl methyl sites for hydroxylation is 1. The van der Waals surface area contributed by atoms with Crippen molar-refractivity contribution in [1.82, 2.24) is 20.4 Å². The molecule has 0 radical (unpaired) electrons. The lowest BCUT2D eigenvalue weighted by Crippen LogP contribution is -2.49. The van der Waals surface area contributed by atoms with Gasteiger partial charge in [0.25, 0.3) is 5.91 Å². The Morgan fingerprint density at radius 1 is 1.42 bits per heavy atom. The lowest BCUT2D eigenvalue weighted by Gasteiger charge is -2.32. The molecule has 1 aliphatic heterocycles. The summed E-state index contributed by atoms with van der Waals surface area (Å²) in [6.07, 6.45) is -0.492. The van der Waals surface area contributed by atoms with Crippen molar-refractivity contribution >= 4 is 5.91 Å². The van der Waals surface area contributed by atoms with Gasteiger partial charge in [-0.3, -0.25) is 9.69 Å². The smallest absolute Gasteiger partial charge is 0.251 e. The van der Waals surface area contributed by atoms with Gasteiger partial charge in [0, 0.05) is 19.6 Å². The number of ether oxygens (including phenoxy) is 1. The predicted molar refractivity (Wildman–Crippen MR) is 87.1 cm³/mol. The van der Waals surface area contributed by atoms with Gasteiger partial charge in [-0.25, -0.2) is 0 Å². The third-order valence-electron chi connectivity index (χ3n) is 3.96. The molecule has 1 aromatic heterocycles. The van der Waals surface area contributed by atoms with Crippen molar-refractivity contribution in [3.05, 3.63) is 47.6 Å². The lowest BCUT2D eigenvalue weighted by atomic mass is 10.2. The summed E-state index contributed by atoms with van der Waals surface area (Å²) >= 11 is 0. The minimum atomic E-state index is -0.492. The molecule has 7 heteroatoms. The predicted octanol–water partition coefficient (Wildman–Crippen LogP) is 1.46. The average molecular weight is 330 g/mol. The van der Waals surface area contributed by atoms with Crippen LogP contribution in [-0.4, -0.2) is 46.7 Å². The zero-order chi connectivity index (χ0) is 16.9. The van der Waals surface area contributed by atoms with E-state index in [0.29, 0.717) is 24.9 Å².